The van der Waals surface area contributed by atoms with Gasteiger partial charge < -0.3 is 9.64 Å². The zero-order valence-corrected chi connectivity index (χ0v) is 20.7. The molecule has 1 aromatic rings. The lowest BCUT2D eigenvalue weighted by Crippen LogP contribution is -2.30. The van der Waals surface area contributed by atoms with Crippen LogP contribution in [-0.2, 0) is 20.7 Å². The average Bonchev–Trinajstić information content (AvgIpc) is 3.09. The smallest absolute Gasteiger partial charge is 0.216 e. The largest absolute Gasteiger partial charge is 0.489 e. The van der Waals surface area contributed by atoms with Crippen molar-refractivity contribution in [3.05, 3.63) is 41.7 Å². The molecule has 0 bridgehead atoms. The summed E-state index contributed by atoms with van der Waals surface area (Å²) in [4.78, 5) is 27.3. The van der Waals surface area contributed by atoms with Crippen LogP contribution < -0.4 is 4.90 Å². The molecule has 4 nitrogen and oxygen atoms in total. The minimum atomic E-state index is -0.339. The highest BCUT2D eigenvalue weighted by Gasteiger charge is 2.39. The molecule has 32 heavy (non-hydrogen) atoms. The highest BCUT2D eigenvalue weighted by Crippen LogP contribution is 2.44. The van der Waals surface area contributed by atoms with Crippen LogP contribution in [0.2, 0.25) is 0 Å². The molecule has 0 N–H and O–H groups in total. The summed E-state index contributed by atoms with van der Waals surface area (Å²) in [5, 5.41) is 0.0383. The molecule has 1 saturated heterocycles. The second-order valence-electron chi connectivity index (χ2n) is 9.36. The van der Waals surface area contributed by atoms with E-state index in [-0.39, 0.29) is 22.3 Å². The van der Waals surface area contributed by atoms with E-state index in [0.29, 0.717) is 12.2 Å². The van der Waals surface area contributed by atoms with Crippen molar-refractivity contribution < 1.29 is 14.3 Å². The highest BCUT2D eigenvalue weighted by atomic mass is 32.2. The molecule has 5 heteroatoms. The van der Waals surface area contributed by atoms with Gasteiger partial charge in [0.1, 0.15) is 12.4 Å². The van der Waals surface area contributed by atoms with Crippen LogP contribution in [0.25, 0.3) is 0 Å². The fourth-order valence-electron chi connectivity index (χ4n) is 4.70. The summed E-state index contributed by atoms with van der Waals surface area (Å²) in [5.41, 5.74) is 2.25. The van der Waals surface area contributed by atoms with Gasteiger partial charge in [-0.2, -0.15) is 0 Å². The first-order valence-electron chi connectivity index (χ1n) is 12.4. The Balaban J connectivity index is 1.51. The summed E-state index contributed by atoms with van der Waals surface area (Å²) in [6.45, 7) is 6.45. The molecule has 2 heterocycles. The highest BCUT2D eigenvalue weighted by molar-refractivity contribution is 8.15. The van der Waals surface area contributed by atoms with E-state index in [1.807, 2.05) is 12.1 Å². The quantitative estimate of drug-likeness (QED) is 0.318. The monoisotopic (exact) mass is 457 g/mol. The molecule has 0 aromatic heterocycles. The molecule has 1 unspecified atom stereocenters. The second-order valence-corrected chi connectivity index (χ2v) is 10.9. The van der Waals surface area contributed by atoms with Gasteiger partial charge in [-0.3, -0.25) is 9.59 Å². The molecule has 0 saturated carbocycles. The summed E-state index contributed by atoms with van der Waals surface area (Å²) < 4.78 is 5.62. The van der Waals surface area contributed by atoms with E-state index >= 15 is 0 Å². The Kier molecular flexibility index (Phi) is 9.70. The Labute approximate surface area is 198 Å². The SMILES string of the molecule is CCCCCCCCC1(C)SC(=O)C=C1OCC(=O)Cc1ccccc1N1CCCCC1. The van der Waals surface area contributed by atoms with Crippen LogP contribution in [0, 0.1) is 0 Å². The number of ether oxygens (including phenoxy) is 1. The van der Waals surface area contributed by atoms with Crippen molar-refractivity contribution in [1.82, 2.24) is 0 Å². The second kappa shape index (κ2) is 12.5. The van der Waals surface area contributed by atoms with Gasteiger partial charge in [0, 0.05) is 31.3 Å². The van der Waals surface area contributed by atoms with Gasteiger partial charge in [-0.25, -0.2) is 0 Å². The fourth-order valence-corrected chi connectivity index (χ4v) is 5.77. The normalized spacial score (nSPS) is 21.0. The van der Waals surface area contributed by atoms with Crippen molar-refractivity contribution in [2.45, 2.75) is 89.2 Å². The fraction of sp³-hybridized carbons (Fsp3) is 0.630. The first kappa shape index (κ1) is 24.9. The van der Waals surface area contributed by atoms with Gasteiger partial charge in [-0.15, -0.1) is 0 Å². The van der Waals surface area contributed by atoms with Crippen LogP contribution in [0.15, 0.2) is 36.1 Å². The zero-order chi connectivity index (χ0) is 22.8. The van der Waals surface area contributed by atoms with Gasteiger partial charge in [0.2, 0.25) is 5.12 Å². The lowest BCUT2D eigenvalue weighted by atomic mass is 9.99. The third-order valence-corrected chi connectivity index (χ3v) is 7.74. The Morgan fingerprint density at radius 2 is 1.78 bits per heavy atom. The van der Waals surface area contributed by atoms with Gasteiger partial charge in [0.05, 0.1) is 4.75 Å². The first-order valence-corrected chi connectivity index (χ1v) is 13.3. The van der Waals surface area contributed by atoms with Crippen LogP contribution in [0.4, 0.5) is 5.69 Å². The van der Waals surface area contributed by atoms with E-state index in [2.05, 4.69) is 30.9 Å². The number of carbonyl (C=O) groups excluding carboxylic acids is 2. The standard InChI is InChI=1S/C27H39NO3S/c1-3-4-5-6-7-11-16-27(2)25(20-26(30)32-27)31-21-23(29)19-22-14-9-10-15-24(22)28-17-12-8-13-18-28/h9-10,14-15,20H,3-8,11-13,16-19,21H2,1-2H3. The molecule has 1 aromatic carbocycles. The molecule has 176 valence electrons. The van der Waals surface area contributed by atoms with Gasteiger partial charge >= 0.3 is 0 Å². The number of Topliss-reactive ketones (excluding diaryl/α,β-unsaturated/α-hetero) is 1. The molecular weight excluding hydrogens is 418 g/mol. The van der Waals surface area contributed by atoms with Gasteiger partial charge in [0.25, 0.3) is 0 Å². The lowest BCUT2D eigenvalue weighted by Gasteiger charge is -2.30. The molecule has 0 radical (unpaired) electrons. The van der Waals surface area contributed by atoms with Crippen molar-refractivity contribution in [2.24, 2.45) is 0 Å². The van der Waals surface area contributed by atoms with E-state index in [1.54, 1.807) is 6.08 Å². The molecule has 2 aliphatic rings. The molecule has 1 atom stereocenters. The minimum Gasteiger partial charge on any atom is -0.489 e. The van der Waals surface area contributed by atoms with E-state index < -0.39 is 0 Å². The van der Waals surface area contributed by atoms with E-state index in [0.717, 1.165) is 31.5 Å². The van der Waals surface area contributed by atoms with Gasteiger partial charge in [0.15, 0.2) is 5.78 Å². The van der Waals surface area contributed by atoms with E-state index in [4.69, 9.17) is 4.74 Å². The van der Waals surface area contributed by atoms with Gasteiger partial charge in [-0.05, 0) is 44.2 Å². The molecule has 3 rings (SSSR count). The number of hydrogen-bond acceptors (Lipinski definition) is 5. The molecular formula is C27H39NO3S. The molecule has 0 aliphatic carbocycles. The topological polar surface area (TPSA) is 46.6 Å². The summed E-state index contributed by atoms with van der Waals surface area (Å²) in [6, 6.07) is 8.23. The summed E-state index contributed by atoms with van der Waals surface area (Å²) in [5.74, 6) is 0.736. The van der Waals surface area contributed by atoms with Crippen molar-refractivity contribution in [1.29, 1.82) is 0 Å². The maximum absolute atomic E-state index is 12.8. The van der Waals surface area contributed by atoms with Crippen molar-refractivity contribution in [3.63, 3.8) is 0 Å². The maximum Gasteiger partial charge on any atom is 0.216 e. The number of piperidine rings is 1. The third kappa shape index (κ3) is 7.13. The number of unbranched alkanes of at least 4 members (excludes halogenated alkanes) is 5. The number of thioether (sulfide) groups is 1. The maximum atomic E-state index is 12.8. The van der Waals surface area contributed by atoms with Crippen LogP contribution in [0.1, 0.15) is 83.6 Å². The molecule has 0 spiro atoms. The molecule has 2 aliphatic heterocycles. The predicted octanol–water partition coefficient (Wildman–Crippen LogP) is 6.47. The Morgan fingerprint density at radius 3 is 2.56 bits per heavy atom. The Morgan fingerprint density at radius 1 is 1.06 bits per heavy atom. The van der Waals surface area contributed by atoms with Crippen molar-refractivity contribution in [3.8, 4) is 0 Å². The lowest BCUT2D eigenvalue weighted by molar-refractivity contribution is -0.122. The number of carbonyl (C=O) groups is 2. The minimum absolute atomic E-state index is 0.0279. The number of anilines is 1. The third-order valence-electron chi connectivity index (χ3n) is 6.57. The Bertz CT molecular complexity index is 800. The average molecular weight is 458 g/mol. The van der Waals surface area contributed by atoms with Crippen LogP contribution >= 0.6 is 11.8 Å². The molecule has 1 fully saturated rings. The predicted molar refractivity (Wildman–Crippen MR) is 134 cm³/mol. The van der Waals surface area contributed by atoms with E-state index in [1.165, 1.54) is 68.8 Å². The van der Waals surface area contributed by atoms with Crippen LogP contribution in [0.5, 0.6) is 0 Å². The number of nitrogens with zero attached hydrogens (tertiary/aromatic N) is 1. The summed E-state index contributed by atoms with van der Waals surface area (Å²) in [7, 11) is 0. The number of para-hydroxylation sites is 1. The number of benzene rings is 1. The van der Waals surface area contributed by atoms with E-state index in [9.17, 15) is 9.59 Å². The molecule has 0 amide bonds. The number of hydrogen-bond donors (Lipinski definition) is 0. The van der Waals surface area contributed by atoms with Crippen molar-refractivity contribution in [2.75, 3.05) is 24.6 Å². The number of ketones is 1. The zero-order valence-electron chi connectivity index (χ0n) is 19.9. The van der Waals surface area contributed by atoms with Crippen LogP contribution in [0.3, 0.4) is 0 Å². The van der Waals surface area contributed by atoms with Gasteiger partial charge in [-0.1, -0.05) is 75.4 Å². The summed E-state index contributed by atoms with van der Waals surface area (Å²) >= 11 is 1.35. The van der Waals surface area contributed by atoms with Crippen molar-refractivity contribution >= 4 is 28.3 Å². The Hall–Kier alpha value is -1.75. The first-order chi connectivity index (χ1) is 15.5. The summed E-state index contributed by atoms with van der Waals surface area (Å²) in [6.07, 6.45) is 13.9. The number of rotatable bonds is 13. The van der Waals surface area contributed by atoms with Crippen LogP contribution in [-0.4, -0.2) is 35.3 Å².